The minimum absolute atomic E-state index is 0. The molecule has 2 nitrogen and oxygen atoms in total. The van der Waals surface area contributed by atoms with E-state index in [1.54, 1.807) is 6.92 Å². The highest BCUT2D eigenvalue weighted by molar-refractivity contribution is 5.85. The smallest absolute Gasteiger partial charge is 0.314 e. The summed E-state index contributed by atoms with van der Waals surface area (Å²) in [6.45, 7) is 8.08. The van der Waals surface area contributed by atoms with Crippen LogP contribution in [0.4, 0.5) is 17.6 Å². The van der Waals surface area contributed by atoms with Crippen molar-refractivity contribution in [1.82, 2.24) is 10.2 Å². The van der Waals surface area contributed by atoms with Gasteiger partial charge in [0.05, 0.1) is 5.56 Å². The molecule has 0 spiro atoms. The van der Waals surface area contributed by atoms with Crippen molar-refractivity contribution in [3.05, 3.63) is 47.3 Å². The maximum absolute atomic E-state index is 14.3. The van der Waals surface area contributed by atoms with Gasteiger partial charge in [-0.3, -0.25) is 4.90 Å². The molecule has 1 heterocycles. The molecule has 1 aromatic carbocycles. The van der Waals surface area contributed by atoms with Crippen LogP contribution in [-0.2, 0) is 6.18 Å². The molecule has 1 N–H and O–H groups in total. The van der Waals surface area contributed by atoms with Crippen LogP contribution in [0.2, 0.25) is 0 Å². The van der Waals surface area contributed by atoms with E-state index in [4.69, 9.17) is 0 Å². The number of benzene rings is 1. The van der Waals surface area contributed by atoms with Crippen LogP contribution in [0.5, 0.6) is 0 Å². The molecule has 0 aromatic heterocycles. The third kappa shape index (κ3) is 5.62. The van der Waals surface area contributed by atoms with E-state index in [1.807, 2.05) is 4.90 Å². The van der Waals surface area contributed by atoms with E-state index >= 15 is 0 Å². The summed E-state index contributed by atoms with van der Waals surface area (Å²) in [6.07, 6.45) is -4.26. The fourth-order valence-electron chi connectivity index (χ4n) is 2.86. The molecule has 1 saturated heterocycles. The third-order valence-corrected chi connectivity index (χ3v) is 3.83. The van der Waals surface area contributed by atoms with E-state index in [2.05, 4.69) is 11.9 Å². The van der Waals surface area contributed by atoms with Crippen molar-refractivity contribution in [1.29, 1.82) is 0 Å². The SMILES string of the molecule is C=C(C)C[C@H](c1c(F)cccc1C(F)(F)F)N1CCNCC1.Cl.Cl. The topological polar surface area (TPSA) is 15.3 Å². The lowest BCUT2D eigenvalue weighted by Gasteiger charge is -2.36. The van der Waals surface area contributed by atoms with Crippen molar-refractivity contribution in [3.63, 3.8) is 0 Å². The van der Waals surface area contributed by atoms with Crippen LogP contribution in [0.15, 0.2) is 30.4 Å². The van der Waals surface area contributed by atoms with Gasteiger partial charge in [0.2, 0.25) is 0 Å². The molecule has 1 atom stereocenters. The van der Waals surface area contributed by atoms with Crippen molar-refractivity contribution < 1.29 is 17.6 Å². The summed E-state index contributed by atoms with van der Waals surface area (Å²) in [5.74, 6) is -0.806. The molecule has 0 radical (unpaired) electrons. The number of nitrogens with zero attached hydrogens (tertiary/aromatic N) is 1. The van der Waals surface area contributed by atoms with Gasteiger partial charge in [0, 0.05) is 37.8 Å². The first-order chi connectivity index (χ1) is 10.3. The Bertz CT molecular complexity index is 543. The van der Waals surface area contributed by atoms with E-state index < -0.39 is 23.6 Å². The highest BCUT2D eigenvalue weighted by Crippen LogP contribution is 2.39. The zero-order valence-electron chi connectivity index (χ0n) is 13.3. The van der Waals surface area contributed by atoms with Gasteiger partial charge in [0.15, 0.2) is 0 Å². The van der Waals surface area contributed by atoms with Gasteiger partial charge in [0.1, 0.15) is 5.82 Å². The van der Waals surface area contributed by atoms with E-state index in [-0.39, 0.29) is 30.4 Å². The average Bonchev–Trinajstić information content (AvgIpc) is 2.44. The molecular formula is C16H22Cl2F4N2. The molecule has 24 heavy (non-hydrogen) atoms. The Labute approximate surface area is 152 Å². The Kier molecular flexibility index (Phi) is 9.28. The fourth-order valence-corrected chi connectivity index (χ4v) is 2.86. The predicted octanol–water partition coefficient (Wildman–Crippen LogP) is 4.60. The molecule has 2 rings (SSSR count). The maximum atomic E-state index is 14.3. The van der Waals surface area contributed by atoms with Crippen LogP contribution in [0, 0.1) is 5.82 Å². The summed E-state index contributed by atoms with van der Waals surface area (Å²) in [7, 11) is 0. The molecule has 1 fully saturated rings. The minimum atomic E-state index is -4.57. The van der Waals surface area contributed by atoms with Gasteiger partial charge in [-0.2, -0.15) is 13.2 Å². The van der Waals surface area contributed by atoms with Crippen LogP contribution >= 0.6 is 24.8 Å². The van der Waals surface area contributed by atoms with Gasteiger partial charge in [0.25, 0.3) is 0 Å². The summed E-state index contributed by atoms with van der Waals surface area (Å²) in [4.78, 5) is 1.90. The number of alkyl halides is 3. The monoisotopic (exact) mass is 388 g/mol. The predicted molar refractivity (Wildman–Crippen MR) is 92.5 cm³/mol. The van der Waals surface area contributed by atoms with Gasteiger partial charge < -0.3 is 5.32 Å². The Morgan fingerprint density at radius 1 is 1.25 bits per heavy atom. The first kappa shape index (κ1) is 23.2. The van der Waals surface area contributed by atoms with Gasteiger partial charge >= 0.3 is 6.18 Å². The number of hydrogen-bond donors (Lipinski definition) is 1. The fraction of sp³-hybridized carbons (Fsp3) is 0.500. The van der Waals surface area contributed by atoms with Crippen molar-refractivity contribution in [2.45, 2.75) is 25.6 Å². The highest BCUT2D eigenvalue weighted by Gasteiger charge is 2.38. The standard InChI is InChI=1S/C16H20F4N2.2ClH/c1-11(2)10-14(22-8-6-21-7-9-22)15-12(16(18,19)20)4-3-5-13(15)17;;/h3-5,14,21H,1,6-10H2,2H3;2*1H/t14-;;/m1../s1. The lowest BCUT2D eigenvalue weighted by atomic mass is 9.93. The van der Waals surface area contributed by atoms with Crippen molar-refractivity contribution in [2.24, 2.45) is 0 Å². The Balaban J connectivity index is 0.00000264. The molecule has 8 heteroatoms. The summed E-state index contributed by atoms with van der Waals surface area (Å²) < 4.78 is 54.1. The summed E-state index contributed by atoms with van der Waals surface area (Å²) in [6, 6.07) is 2.51. The quantitative estimate of drug-likeness (QED) is 0.598. The largest absolute Gasteiger partial charge is 0.416 e. The van der Waals surface area contributed by atoms with Crippen molar-refractivity contribution >= 4 is 24.8 Å². The second-order valence-electron chi connectivity index (χ2n) is 5.66. The number of hydrogen-bond acceptors (Lipinski definition) is 2. The Morgan fingerprint density at radius 2 is 1.83 bits per heavy atom. The van der Waals surface area contributed by atoms with E-state index in [9.17, 15) is 17.6 Å². The maximum Gasteiger partial charge on any atom is 0.416 e. The first-order valence-corrected chi connectivity index (χ1v) is 7.25. The summed E-state index contributed by atoms with van der Waals surface area (Å²) in [5, 5.41) is 3.15. The van der Waals surface area contributed by atoms with Crippen LogP contribution in [0.25, 0.3) is 0 Å². The minimum Gasteiger partial charge on any atom is -0.314 e. The second-order valence-corrected chi connectivity index (χ2v) is 5.66. The Morgan fingerprint density at radius 3 is 2.33 bits per heavy atom. The molecular weight excluding hydrogens is 367 g/mol. The number of halogens is 6. The van der Waals surface area contributed by atoms with Crippen LogP contribution < -0.4 is 5.32 Å². The molecule has 0 amide bonds. The zero-order valence-corrected chi connectivity index (χ0v) is 15.0. The van der Waals surface area contributed by atoms with E-state index in [1.165, 1.54) is 0 Å². The molecule has 138 valence electrons. The molecule has 0 saturated carbocycles. The second kappa shape index (κ2) is 9.61. The molecule has 0 aliphatic carbocycles. The van der Waals surface area contributed by atoms with Crippen molar-refractivity contribution in [3.8, 4) is 0 Å². The molecule has 1 aliphatic heterocycles. The molecule has 1 aliphatic rings. The van der Waals surface area contributed by atoms with E-state index in [0.29, 0.717) is 32.6 Å². The van der Waals surface area contributed by atoms with Crippen molar-refractivity contribution in [2.75, 3.05) is 26.2 Å². The number of rotatable bonds is 4. The summed E-state index contributed by atoms with van der Waals surface area (Å²) >= 11 is 0. The normalized spacial score (nSPS) is 16.7. The zero-order chi connectivity index (χ0) is 16.3. The molecule has 0 unspecified atom stereocenters. The van der Waals surface area contributed by atoms with E-state index in [0.717, 1.165) is 23.8 Å². The van der Waals surface area contributed by atoms with Gasteiger partial charge in [-0.1, -0.05) is 11.6 Å². The van der Waals surface area contributed by atoms with Gasteiger partial charge in [-0.25, -0.2) is 4.39 Å². The van der Waals surface area contributed by atoms with Gasteiger partial charge in [-0.15, -0.1) is 31.4 Å². The van der Waals surface area contributed by atoms with Crippen LogP contribution in [-0.4, -0.2) is 31.1 Å². The third-order valence-electron chi connectivity index (χ3n) is 3.83. The lowest BCUT2D eigenvalue weighted by molar-refractivity contribution is -0.139. The average molecular weight is 389 g/mol. The Hall–Kier alpha value is -0.820. The van der Waals surface area contributed by atoms with Gasteiger partial charge in [-0.05, 0) is 25.5 Å². The van der Waals surface area contributed by atoms with Crippen LogP contribution in [0.3, 0.4) is 0 Å². The van der Waals surface area contributed by atoms with Crippen LogP contribution in [0.1, 0.15) is 30.5 Å². The highest BCUT2D eigenvalue weighted by atomic mass is 35.5. The number of piperazine rings is 1. The first-order valence-electron chi connectivity index (χ1n) is 7.25. The number of nitrogens with one attached hydrogen (secondary N) is 1. The lowest BCUT2D eigenvalue weighted by Crippen LogP contribution is -2.45. The molecule has 0 bridgehead atoms. The molecule has 1 aromatic rings. The summed E-state index contributed by atoms with van der Waals surface area (Å²) in [5.41, 5.74) is -0.419.